The molecule has 2 unspecified atom stereocenters. The number of aromatic nitrogens is 2. The van der Waals surface area contributed by atoms with Gasteiger partial charge in [-0.25, -0.2) is 9.78 Å². The summed E-state index contributed by atoms with van der Waals surface area (Å²) in [5.74, 6) is -0.0768. The molecule has 6 heteroatoms. The van der Waals surface area contributed by atoms with Crippen molar-refractivity contribution in [2.24, 2.45) is 0 Å². The second kappa shape index (κ2) is 5.30. The maximum atomic E-state index is 12.1. The lowest BCUT2D eigenvalue weighted by atomic mass is 10.2. The van der Waals surface area contributed by atoms with E-state index in [2.05, 4.69) is 4.98 Å². The van der Waals surface area contributed by atoms with Crippen molar-refractivity contribution in [3.8, 4) is 0 Å². The molecule has 1 saturated heterocycles. The molecule has 0 spiro atoms. The summed E-state index contributed by atoms with van der Waals surface area (Å²) in [6.45, 7) is 5.04. The zero-order valence-corrected chi connectivity index (χ0v) is 10.6. The van der Waals surface area contributed by atoms with E-state index in [1.54, 1.807) is 17.2 Å². The van der Waals surface area contributed by atoms with Gasteiger partial charge in [0.25, 0.3) is 0 Å². The van der Waals surface area contributed by atoms with Gasteiger partial charge in [-0.15, -0.1) is 0 Å². The summed E-state index contributed by atoms with van der Waals surface area (Å²) >= 11 is 0. The van der Waals surface area contributed by atoms with Gasteiger partial charge in [-0.2, -0.15) is 0 Å². The third kappa shape index (κ3) is 2.95. The summed E-state index contributed by atoms with van der Waals surface area (Å²) in [6.07, 6.45) is 3.05. The number of rotatable bonds is 2. The van der Waals surface area contributed by atoms with E-state index >= 15 is 0 Å². The van der Waals surface area contributed by atoms with Gasteiger partial charge in [0.2, 0.25) is 5.91 Å². The molecule has 0 saturated carbocycles. The van der Waals surface area contributed by atoms with Crippen LogP contribution in [0.5, 0.6) is 0 Å². The van der Waals surface area contributed by atoms with E-state index in [4.69, 9.17) is 4.74 Å². The Morgan fingerprint density at radius 3 is 2.72 bits per heavy atom. The highest BCUT2D eigenvalue weighted by Gasteiger charge is 2.25. The Labute approximate surface area is 105 Å². The van der Waals surface area contributed by atoms with Crippen LogP contribution < -0.4 is 5.69 Å². The van der Waals surface area contributed by atoms with Crippen molar-refractivity contribution in [2.75, 3.05) is 13.1 Å². The number of amides is 1. The summed E-state index contributed by atoms with van der Waals surface area (Å²) < 4.78 is 6.88. The molecule has 98 valence electrons. The molecule has 0 radical (unpaired) electrons. The highest BCUT2D eigenvalue weighted by atomic mass is 16.5. The zero-order chi connectivity index (χ0) is 13.1. The fourth-order valence-corrected chi connectivity index (χ4v) is 2.13. The molecule has 2 rings (SSSR count). The van der Waals surface area contributed by atoms with Crippen molar-refractivity contribution in [3.05, 3.63) is 28.9 Å². The second-order valence-electron chi connectivity index (χ2n) is 4.59. The van der Waals surface area contributed by atoms with Gasteiger partial charge in [-0.3, -0.25) is 9.36 Å². The average Bonchev–Trinajstić information content (AvgIpc) is 2.31. The Hall–Kier alpha value is -1.69. The molecule has 0 bridgehead atoms. The first-order chi connectivity index (χ1) is 8.56. The van der Waals surface area contributed by atoms with Crippen LogP contribution in [-0.4, -0.2) is 45.7 Å². The van der Waals surface area contributed by atoms with Gasteiger partial charge in [-0.1, -0.05) is 0 Å². The average molecular weight is 251 g/mol. The Bertz CT molecular complexity index is 475. The lowest BCUT2D eigenvalue weighted by Gasteiger charge is -2.35. The molecule has 18 heavy (non-hydrogen) atoms. The van der Waals surface area contributed by atoms with Gasteiger partial charge in [0, 0.05) is 25.5 Å². The smallest absolute Gasteiger partial charge is 0.347 e. The molecule has 1 amide bonds. The Morgan fingerprint density at radius 2 is 2.11 bits per heavy atom. The molecular weight excluding hydrogens is 234 g/mol. The SMILES string of the molecule is CC1CN(C(=O)Cn2cccnc2=O)CC(C)O1. The van der Waals surface area contributed by atoms with Crippen LogP contribution in [0.4, 0.5) is 0 Å². The van der Waals surface area contributed by atoms with Gasteiger partial charge < -0.3 is 9.64 Å². The Balaban J connectivity index is 2.04. The van der Waals surface area contributed by atoms with E-state index in [0.717, 1.165) is 0 Å². The normalized spacial score (nSPS) is 24.0. The van der Waals surface area contributed by atoms with Gasteiger partial charge in [0.1, 0.15) is 6.54 Å². The van der Waals surface area contributed by atoms with Gasteiger partial charge >= 0.3 is 5.69 Å². The third-order valence-electron chi connectivity index (χ3n) is 2.86. The maximum absolute atomic E-state index is 12.1. The largest absolute Gasteiger partial charge is 0.372 e. The number of nitrogens with zero attached hydrogens (tertiary/aromatic N) is 3. The fraction of sp³-hybridized carbons (Fsp3) is 0.583. The summed E-state index contributed by atoms with van der Waals surface area (Å²) in [6, 6.07) is 1.64. The Kier molecular flexibility index (Phi) is 3.76. The van der Waals surface area contributed by atoms with Crippen molar-refractivity contribution in [1.82, 2.24) is 14.5 Å². The van der Waals surface area contributed by atoms with Crippen LogP contribution >= 0.6 is 0 Å². The summed E-state index contributed by atoms with van der Waals surface area (Å²) in [5, 5.41) is 0. The minimum Gasteiger partial charge on any atom is -0.372 e. The maximum Gasteiger partial charge on any atom is 0.347 e. The molecule has 0 aliphatic carbocycles. The molecule has 1 aromatic rings. The topological polar surface area (TPSA) is 64.4 Å². The van der Waals surface area contributed by atoms with Crippen LogP contribution in [0.25, 0.3) is 0 Å². The molecule has 1 aromatic heterocycles. The lowest BCUT2D eigenvalue weighted by molar-refractivity contribution is -0.143. The number of hydrogen-bond donors (Lipinski definition) is 0. The first-order valence-corrected chi connectivity index (χ1v) is 6.01. The highest BCUT2D eigenvalue weighted by Crippen LogP contribution is 2.10. The predicted octanol–water partition coefficient (Wildman–Crippen LogP) is -0.121. The number of ether oxygens (including phenoxy) is 1. The molecule has 1 fully saturated rings. The minimum atomic E-state index is -0.403. The van der Waals surface area contributed by atoms with Crippen molar-refractivity contribution < 1.29 is 9.53 Å². The van der Waals surface area contributed by atoms with Crippen LogP contribution in [0.1, 0.15) is 13.8 Å². The van der Waals surface area contributed by atoms with Crippen LogP contribution in [0.2, 0.25) is 0 Å². The summed E-state index contributed by atoms with van der Waals surface area (Å²) in [4.78, 5) is 28.9. The van der Waals surface area contributed by atoms with Crippen molar-refractivity contribution in [1.29, 1.82) is 0 Å². The molecule has 0 aromatic carbocycles. The standard InChI is InChI=1S/C12H17N3O3/c1-9-6-15(7-10(2)18-9)11(16)8-14-5-3-4-13-12(14)17/h3-5,9-10H,6-8H2,1-2H3. The van der Waals surface area contributed by atoms with Crippen LogP contribution in [0.15, 0.2) is 23.3 Å². The molecular formula is C12H17N3O3. The number of morpholine rings is 1. The first kappa shape index (κ1) is 12.8. The van der Waals surface area contributed by atoms with E-state index in [1.807, 2.05) is 13.8 Å². The van der Waals surface area contributed by atoms with Crippen molar-refractivity contribution in [2.45, 2.75) is 32.6 Å². The van der Waals surface area contributed by atoms with Crippen LogP contribution in [0.3, 0.4) is 0 Å². The van der Waals surface area contributed by atoms with Crippen LogP contribution in [-0.2, 0) is 16.1 Å². The van der Waals surface area contributed by atoms with Crippen molar-refractivity contribution >= 4 is 5.91 Å². The van der Waals surface area contributed by atoms with E-state index in [9.17, 15) is 9.59 Å². The number of carbonyl (C=O) groups is 1. The number of carbonyl (C=O) groups excluding carboxylic acids is 1. The van der Waals surface area contributed by atoms with E-state index in [0.29, 0.717) is 13.1 Å². The quantitative estimate of drug-likeness (QED) is 0.735. The van der Waals surface area contributed by atoms with Crippen LogP contribution in [0, 0.1) is 0 Å². The number of hydrogen-bond acceptors (Lipinski definition) is 4. The second-order valence-corrected chi connectivity index (χ2v) is 4.59. The molecule has 2 atom stereocenters. The van der Waals surface area contributed by atoms with Gasteiger partial charge in [0.05, 0.1) is 12.2 Å². The molecule has 1 aliphatic rings. The van der Waals surface area contributed by atoms with E-state index in [1.165, 1.54) is 10.8 Å². The minimum absolute atomic E-state index is 0.0309. The van der Waals surface area contributed by atoms with Crippen molar-refractivity contribution in [3.63, 3.8) is 0 Å². The van der Waals surface area contributed by atoms with Gasteiger partial charge in [-0.05, 0) is 19.9 Å². The predicted molar refractivity (Wildman–Crippen MR) is 65.1 cm³/mol. The fourth-order valence-electron chi connectivity index (χ4n) is 2.13. The lowest BCUT2D eigenvalue weighted by Crippen LogP contribution is -2.49. The summed E-state index contributed by atoms with van der Waals surface area (Å²) in [5.41, 5.74) is -0.403. The molecule has 6 nitrogen and oxygen atoms in total. The Morgan fingerprint density at radius 1 is 1.44 bits per heavy atom. The highest BCUT2D eigenvalue weighted by molar-refractivity contribution is 5.76. The third-order valence-corrected chi connectivity index (χ3v) is 2.86. The zero-order valence-electron chi connectivity index (χ0n) is 10.6. The summed E-state index contributed by atoms with van der Waals surface area (Å²) in [7, 11) is 0. The molecule has 2 heterocycles. The van der Waals surface area contributed by atoms with E-state index in [-0.39, 0.29) is 24.7 Å². The van der Waals surface area contributed by atoms with Gasteiger partial charge in [0.15, 0.2) is 0 Å². The molecule has 1 aliphatic heterocycles. The monoisotopic (exact) mass is 251 g/mol. The molecule has 0 N–H and O–H groups in total. The first-order valence-electron chi connectivity index (χ1n) is 6.01. The van der Waals surface area contributed by atoms with E-state index < -0.39 is 5.69 Å².